The van der Waals surface area contributed by atoms with E-state index >= 15 is 0 Å². The zero-order valence-electron chi connectivity index (χ0n) is 18.8. The highest BCUT2D eigenvalue weighted by atomic mass is 16.5. The van der Waals surface area contributed by atoms with E-state index in [1.165, 1.54) is 0 Å². The van der Waals surface area contributed by atoms with Gasteiger partial charge < -0.3 is 20.9 Å². The number of ketones is 1. The van der Waals surface area contributed by atoms with Gasteiger partial charge in [0.1, 0.15) is 23.7 Å². The molecule has 0 saturated carbocycles. The minimum absolute atomic E-state index is 0.228. The summed E-state index contributed by atoms with van der Waals surface area (Å²) in [7, 11) is 0. The summed E-state index contributed by atoms with van der Waals surface area (Å²) in [4.78, 5) is 25.2. The van der Waals surface area contributed by atoms with Gasteiger partial charge in [-0.2, -0.15) is 0 Å². The number of hydrogen-bond acceptors (Lipinski definition) is 5. The van der Waals surface area contributed by atoms with Gasteiger partial charge >= 0.3 is 0 Å². The van der Waals surface area contributed by atoms with E-state index in [0.717, 1.165) is 22.4 Å². The van der Waals surface area contributed by atoms with Crippen molar-refractivity contribution in [3.8, 4) is 5.75 Å². The second-order valence-corrected chi connectivity index (χ2v) is 8.40. The molecule has 0 bridgehead atoms. The van der Waals surface area contributed by atoms with Crippen molar-refractivity contribution >= 4 is 11.7 Å². The van der Waals surface area contributed by atoms with Crippen molar-refractivity contribution in [1.29, 1.82) is 0 Å². The van der Waals surface area contributed by atoms with E-state index in [0.29, 0.717) is 19.4 Å². The molecule has 1 aliphatic heterocycles. The first kappa shape index (κ1) is 23.3. The maximum Gasteiger partial charge on any atom is 0.259 e. The SMILES string of the molecule is NC(Cc1ccc(OCc2ccccc2)cc1)C(O)=C1C(=O)NC(CCc2ccccc2)C1=O. The van der Waals surface area contributed by atoms with Crippen molar-refractivity contribution in [1.82, 2.24) is 5.32 Å². The minimum Gasteiger partial charge on any atom is -0.510 e. The van der Waals surface area contributed by atoms with Crippen molar-refractivity contribution in [2.45, 2.75) is 38.0 Å². The van der Waals surface area contributed by atoms with E-state index in [4.69, 9.17) is 10.5 Å². The number of aryl methyl sites for hydroxylation is 1. The van der Waals surface area contributed by atoms with Gasteiger partial charge in [-0.15, -0.1) is 0 Å². The van der Waals surface area contributed by atoms with E-state index < -0.39 is 23.8 Å². The van der Waals surface area contributed by atoms with Gasteiger partial charge in [0.25, 0.3) is 5.91 Å². The lowest BCUT2D eigenvalue weighted by Crippen LogP contribution is -2.29. The molecular weight excluding hydrogens is 428 g/mol. The van der Waals surface area contributed by atoms with Crippen molar-refractivity contribution < 1.29 is 19.4 Å². The van der Waals surface area contributed by atoms with Gasteiger partial charge in [-0.1, -0.05) is 72.8 Å². The average Bonchev–Trinajstić information content (AvgIpc) is 3.15. The molecule has 1 heterocycles. The topological polar surface area (TPSA) is 102 Å². The largest absolute Gasteiger partial charge is 0.510 e. The zero-order chi connectivity index (χ0) is 23.9. The molecule has 0 radical (unpaired) electrons. The van der Waals surface area contributed by atoms with Gasteiger partial charge in [0, 0.05) is 0 Å². The summed E-state index contributed by atoms with van der Waals surface area (Å²) in [5.74, 6) is -0.622. The van der Waals surface area contributed by atoms with Crippen LogP contribution in [0, 0.1) is 0 Å². The quantitative estimate of drug-likeness (QED) is 0.259. The van der Waals surface area contributed by atoms with Gasteiger partial charge in [-0.25, -0.2) is 0 Å². The lowest BCUT2D eigenvalue weighted by Gasteiger charge is -2.13. The number of amides is 1. The Morgan fingerprint density at radius 2 is 1.50 bits per heavy atom. The lowest BCUT2D eigenvalue weighted by atomic mass is 9.97. The first-order valence-corrected chi connectivity index (χ1v) is 11.3. The van der Waals surface area contributed by atoms with Gasteiger partial charge in [0.05, 0.1) is 12.1 Å². The molecule has 4 N–H and O–H groups in total. The molecule has 2 atom stereocenters. The van der Waals surface area contributed by atoms with E-state index in [2.05, 4.69) is 5.32 Å². The number of carbonyl (C=O) groups excluding carboxylic acids is 2. The number of aliphatic hydroxyl groups excluding tert-OH is 1. The highest BCUT2D eigenvalue weighted by Gasteiger charge is 2.39. The molecule has 3 aromatic carbocycles. The van der Waals surface area contributed by atoms with Crippen LogP contribution < -0.4 is 15.8 Å². The molecule has 6 heteroatoms. The molecule has 174 valence electrons. The van der Waals surface area contributed by atoms with Crippen molar-refractivity contribution in [2.75, 3.05) is 0 Å². The molecule has 0 aliphatic carbocycles. The van der Waals surface area contributed by atoms with E-state index in [1.54, 1.807) is 0 Å². The summed E-state index contributed by atoms with van der Waals surface area (Å²) in [5.41, 5.74) is 8.95. The Morgan fingerprint density at radius 1 is 0.882 bits per heavy atom. The average molecular weight is 457 g/mol. The fourth-order valence-corrected chi connectivity index (χ4v) is 3.98. The second kappa shape index (κ2) is 10.8. The van der Waals surface area contributed by atoms with Crippen molar-refractivity contribution in [3.63, 3.8) is 0 Å². The molecule has 2 unspecified atom stereocenters. The van der Waals surface area contributed by atoms with Gasteiger partial charge in [-0.3, -0.25) is 9.59 Å². The molecule has 3 aromatic rings. The van der Waals surface area contributed by atoms with E-state index in [-0.39, 0.29) is 17.8 Å². The number of rotatable bonds is 9. The minimum atomic E-state index is -0.867. The summed E-state index contributed by atoms with van der Waals surface area (Å²) in [6.45, 7) is 0.468. The van der Waals surface area contributed by atoms with Gasteiger partial charge in [0.2, 0.25) is 0 Å². The molecular formula is C28H28N2O4. The number of carbonyl (C=O) groups is 2. The number of aliphatic hydroxyl groups is 1. The number of nitrogens with two attached hydrogens (primary N) is 1. The Balaban J connectivity index is 1.35. The molecule has 6 nitrogen and oxygen atoms in total. The van der Waals surface area contributed by atoms with E-state index in [9.17, 15) is 14.7 Å². The maximum atomic E-state index is 12.8. The monoisotopic (exact) mass is 456 g/mol. The van der Waals surface area contributed by atoms with E-state index in [1.807, 2.05) is 84.9 Å². The molecule has 1 saturated heterocycles. The Labute approximate surface area is 199 Å². The van der Waals surface area contributed by atoms with Crippen LogP contribution in [0.1, 0.15) is 23.1 Å². The number of benzene rings is 3. The zero-order valence-corrected chi connectivity index (χ0v) is 18.8. The standard InChI is InChI=1S/C28H28N2O4/c29-23(17-20-11-14-22(15-12-20)34-18-21-9-5-2-6-10-21)26(31)25-27(32)24(30-28(25)33)16-13-19-7-3-1-4-8-19/h1-12,14-15,23-24,31H,13,16-18,29H2,(H,30,33). The molecule has 4 rings (SSSR count). The number of nitrogens with one attached hydrogen (secondary N) is 1. The van der Waals surface area contributed by atoms with Crippen LogP contribution >= 0.6 is 0 Å². The smallest absolute Gasteiger partial charge is 0.259 e. The molecule has 1 aliphatic rings. The normalized spacial score (nSPS) is 17.9. The highest BCUT2D eigenvalue weighted by molar-refractivity contribution is 6.26. The van der Waals surface area contributed by atoms with Gasteiger partial charge in [0.15, 0.2) is 5.78 Å². The Morgan fingerprint density at radius 3 is 2.15 bits per heavy atom. The van der Waals surface area contributed by atoms with Crippen LogP contribution in [0.3, 0.4) is 0 Å². The third-order valence-corrected chi connectivity index (χ3v) is 5.89. The third kappa shape index (κ3) is 5.71. The lowest BCUT2D eigenvalue weighted by molar-refractivity contribution is -0.117. The molecule has 1 fully saturated rings. The molecule has 34 heavy (non-hydrogen) atoms. The van der Waals surface area contributed by atoms with Gasteiger partial charge in [-0.05, 0) is 48.1 Å². The summed E-state index contributed by atoms with van der Waals surface area (Å²) in [6, 6.07) is 25.5. The number of Topliss-reactive ketones (excluding diaryl/α,β-unsaturated/α-hetero) is 1. The molecule has 0 spiro atoms. The van der Waals surface area contributed by atoms with Crippen LogP contribution in [0.5, 0.6) is 5.75 Å². The molecule has 1 amide bonds. The van der Waals surface area contributed by atoms with Crippen molar-refractivity contribution in [2.24, 2.45) is 5.73 Å². The van der Waals surface area contributed by atoms with Crippen molar-refractivity contribution in [3.05, 3.63) is 113 Å². The summed E-state index contributed by atoms with van der Waals surface area (Å²) in [6.07, 6.45) is 1.39. The fourth-order valence-electron chi connectivity index (χ4n) is 3.98. The van der Waals surface area contributed by atoms with Crippen LogP contribution in [0.4, 0.5) is 0 Å². The van der Waals surface area contributed by atoms with Crippen LogP contribution in [-0.2, 0) is 29.0 Å². The van der Waals surface area contributed by atoms with Crippen LogP contribution in [0.15, 0.2) is 96.3 Å². The predicted molar refractivity (Wildman–Crippen MR) is 130 cm³/mol. The first-order chi connectivity index (χ1) is 16.5. The molecule has 0 aromatic heterocycles. The van der Waals surface area contributed by atoms with Crippen LogP contribution in [0.25, 0.3) is 0 Å². The predicted octanol–water partition coefficient (Wildman–Crippen LogP) is 3.65. The Bertz CT molecular complexity index is 1160. The highest BCUT2D eigenvalue weighted by Crippen LogP contribution is 2.21. The second-order valence-electron chi connectivity index (χ2n) is 8.40. The Kier molecular flexibility index (Phi) is 7.40. The summed E-state index contributed by atoms with van der Waals surface area (Å²) < 4.78 is 5.79. The third-order valence-electron chi connectivity index (χ3n) is 5.89. The van der Waals surface area contributed by atoms with Crippen LogP contribution in [-0.4, -0.2) is 28.9 Å². The Hall–Kier alpha value is -3.90. The summed E-state index contributed by atoms with van der Waals surface area (Å²) >= 11 is 0. The van der Waals surface area contributed by atoms with Crippen LogP contribution in [0.2, 0.25) is 0 Å². The number of ether oxygens (including phenoxy) is 1. The maximum absolute atomic E-state index is 12.8. The summed E-state index contributed by atoms with van der Waals surface area (Å²) in [5, 5.41) is 13.3. The fraction of sp³-hybridized carbons (Fsp3) is 0.214. The first-order valence-electron chi connectivity index (χ1n) is 11.3. The number of hydrogen-bond donors (Lipinski definition) is 3.